The van der Waals surface area contributed by atoms with Gasteiger partial charge in [0.2, 0.25) is 5.69 Å². The van der Waals surface area contributed by atoms with Crippen LogP contribution < -0.4 is 25.0 Å². The zero-order valence-electron chi connectivity index (χ0n) is 22.4. The van der Waals surface area contributed by atoms with Gasteiger partial charge in [-0.25, -0.2) is 4.98 Å². The average Bonchev–Trinajstić information content (AvgIpc) is 3.56. The molecule has 3 aromatic heterocycles. The summed E-state index contributed by atoms with van der Waals surface area (Å²) >= 11 is 1.13. The molecule has 0 unspecified atom stereocenters. The van der Waals surface area contributed by atoms with Crippen molar-refractivity contribution in [2.45, 2.75) is 6.92 Å². The number of fused-ring (bicyclic) bond motifs is 1. The molecule has 0 radical (unpaired) electrons. The van der Waals surface area contributed by atoms with E-state index in [0.717, 1.165) is 39.3 Å². The molecule has 0 amide bonds. The lowest BCUT2D eigenvalue weighted by molar-refractivity contribution is -0.672. The number of methoxy groups -OCH3 is 2. The van der Waals surface area contributed by atoms with E-state index >= 15 is 0 Å². The third-order valence-corrected chi connectivity index (χ3v) is 7.89. The summed E-state index contributed by atoms with van der Waals surface area (Å²) in [6.45, 7) is 2.02. The van der Waals surface area contributed by atoms with Crippen molar-refractivity contribution in [1.29, 1.82) is 0 Å². The van der Waals surface area contributed by atoms with Gasteiger partial charge in [0.15, 0.2) is 5.95 Å². The van der Waals surface area contributed by atoms with Gasteiger partial charge in [-0.3, -0.25) is 4.79 Å². The monoisotopic (exact) mass is 564 g/mol. The topological polar surface area (TPSA) is 127 Å². The van der Waals surface area contributed by atoms with Crippen LogP contribution in [-0.2, 0) is 0 Å². The molecule has 0 aliphatic heterocycles. The Morgan fingerprint density at radius 2 is 1.54 bits per heavy atom. The lowest BCUT2D eigenvalue weighted by Crippen LogP contribution is -2.39. The number of carbonyl (C=O) groups excluding carboxylic acids is 1. The summed E-state index contributed by atoms with van der Waals surface area (Å²) in [4.78, 5) is 19.5. The van der Waals surface area contributed by atoms with Crippen LogP contribution in [0.4, 0.5) is 5.69 Å². The maximum absolute atomic E-state index is 13.9. The van der Waals surface area contributed by atoms with Crippen LogP contribution in [0.1, 0.15) is 20.9 Å². The summed E-state index contributed by atoms with van der Waals surface area (Å²) in [5.74, 6) is -0.125. The number of pyridine rings is 1. The molecule has 0 aliphatic carbocycles. The third kappa shape index (κ3) is 4.64. The Morgan fingerprint density at radius 3 is 2.17 bits per heavy atom. The predicted octanol–water partition coefficient (Wildman–Crippen LogP) is 5.11. The van der Waals surface area contributed by atoms with Crippen LogP contribution in [0.2, 0.25) is 0 Å². The molecule has 2 N–H and O–H groups in total. The highest BCUT2D eigenvalue weighted by atomic mass is 32.1. The highest BCUT2D eigenvalue weighted by molar-refractivity contribution is 7.21. The number of nitrogens with two attached hydrogens (primary N) is 1. The molecule has 6 rings (SSSR count). The smallest absolute Gasteiger partial charge is 0.312 e. The molecule has 41 heavy (non-hydrogen) atoms. The van der Waals surface area contributed by atoms with Gasteiger partial charge in [0, 0.05) is 23.1 Å². The number of nitrogens with zero attached hydrogens (tertiary/aromatic N) is 3. The first-order valence-corrected chi connectivity index (χ1v) is 13.4. The van der Waals surface area contributed by atoms with Crippen molar-refractivity contribution in [3.8, 4) is 45.5 Å². The van der Waals surface area contributed by atoms with Crippen molar-refractivity contribution < 1.29 is 28.6 Å². The van der Waals surface area contributed by atoms with E-state index in [-0.39, 0.29) is 16.3 Å². The molecule has 3 heterocycles. The van der Waals surface area contributed by atoms with Crippen molar-refractivity contribution in [3.05, 3.63) is 95.0 Å². The highest BCUT2D eigenvalue weighted by Crippen LogP contribution is 2.42. The van der Waals surface area contributed by atoms with Crippen molar-refractivity contribution >= 4 is 33.0 Å². The van der Waals surface area contributed by atoms with Gasteiger partial charge in [0.25, 0.3) is 5.78 Å². The lowest BCUT2D eigenvalue weighted by Gasteiger charge is -2.10. The van der Waals surface area contributed by atoms with E-state index in [9.17, 15) is 9.90 Å². The first kappa shape index (κ1) is 26.0. The fourth-order valence-corrected chi connectivity index (χ4v) is 5.67. The van der Waals surface area contributed by atoms with E-state index in [1.165, 1.54) is 4.68 Å². The van der Waals surface area contributed by atoms with Gasteiger partial charge in [0.05, 0.1) is 30.9 Å². The molecule has 0 fully saturated rings. The van der Waals surface area contributed by atoms with Crippen LogP contribution in [0.5, 0.6) is 17.4 Å². The van der Waals surface area contributed by atoms with Crippen molar-refractivity contribution in [2.24, 2.45) is 0 Å². The molecule has 204 valence electrons. The highest BCUT2D eigenvalue weighted by Gasteiger charge is 2.33. The quantitative estimate of drug-likeness (QED) is 0.209. The van der Waals surface area contributed by atoms with Crippen LogP contribution >= 0.6 is 11.3 Å². The molecule has 0 saturated heterocycles. The summed E-state index contributed by atoms with van der Waals surface area (Å²) in [7, 11) is 3.16. The second kappa shape index (κ2) is 10.4. The number of carbonyl (C=O) groups is 1. The third-order valence-electron chi connectivity index (χ3n) is 6.80. The Morgan fingerprint density at radius 1 is 0.927 bits per heavy atom. The first-order chi connectivity index (χ1) is 19.9. The Hall–Kier alpha value is -5.22. The lowest BCUT2D eigenvalue weighted by atomic mass is 9.98. The van der Waals surface area contributed by atoms with Gasteiger partial charge >= 0.3 is 5.69 Å². The molecule has 0 atom stereocenters. The van der Waals surface area contributed by atoms with E-state index in [2.05, 4.69) is 5.27 Å². The number of ether oxygens (including phenoxy) is 2. The number of nitrogen functional groups attached to an aromatic ring is 1. The maximum atomic E-state index is 13.9. The first-order valence-electron chi connectivity index (χ1n) is 12.6. The van der Waals surface area contributed by atoms with E-state index in [1.807, 2.05) is 61.5 Å². The molecular weight excluding hydrogens is 540 g/mol. The standard InChI is InChI=1S/C31H24N4O5S/c1-17-4-6-18(7-5-17)23-16-24(19-8-12-21(38-2)13-9-19)33-30-25(23)26(32)29(41-30)28(36)27-31(37)40-34-35(27)20-10-14-22(39-3)15-11-20/h4-16H,1-3H3,(H2-,32,34,36,37). The van der Waals surface area contributed by atoms with Crippen LogP contribution in [-0.4, -0.2) is 30.3 Å². The van der Waals surface area contributed by atoms with Crippen LogP contribution in [0.25, 0.3) is 38.3 Å². The van der Waals surface area contributed by atoms with E-state index in [4.69, 9.17) is 24.7 Å². The van der Waals surface area contributed by atoms with E-state index in [0.29, 0.717) is 27.3 Å². The average molecular weight is 565 g/mol. The van der Waals surface area contributed by atoms with E-state index in [1.54, 1.807) is 38.5 Å². The van der Waals surface area contributed by atoms with Crippen LogP contribution in [0.15, 0.2) is 83.4 Å². The second-order valence-electron chi connectivity index (χ2n) is 9.32. The summed E-state index contributed by atoms with van der Waals surface area (Å²) in [6.07, 6.45) is 0. The number of anilines is 1. The zero-order chi connectivity index (χ0) is 28.7. The fourth-order valence-electron chi connectivity index (χ4n) is 4.60. The number of benzene rings is 3. The van der Waals surface area contributed by atoms with Crippen LogP contribution in [0.3, 0.4) is 0 Å². The summed E-state index contributed by atoms with van der Waals surface area (Å²) in [6, 6.07) is 24.3. The minimum atomic E-state index is -0.867. The van der Waals surface area contributed by atoms with Gasteiger partial charge in [-0.1, -0.05) is 29.8 Å². The number of aromatic nitrogens is 3. The molecule has 10 heteroatoms. The Bertz CT molecular complexity index is 1890. The molecule has 0 saturated carbocycles. The molecular formula is C31H24N4O5S. The number of ketones is 1. The Kier molecular flexibility index (Phi) is 6.60. The predicted molar refractivity (Wildman–Crippen MR) is 154 cm³/mol. The second-order valence-corrected chi connectivity index (χ2v) is 10.3. The van der Waals surface area contributed by atoms with Gasteiger partial charge in [-0.2, -0.15) is 0 Å². The van der Waals surface area contributed by atoms with Gasteiger partial charge < -0.3 is 24.8 Å². The molecule has 0 bridgehead atoms. The van der Waals surface area contributed by atoms with Crippen molar-refractivity contribution in [1.82, 2.24) is 10.3 Å². The van der Waals surface area contributed by atoms with E-state index < -0.39 is 11.7 Å². The largest absolute Gasteiger partial charge is 0.539 e. The van der Waals surface area contributed by atoms with Crippen molar-refractivity contribution in [3.63, 3.8) is 0 Å². The number of rotatable bonds is 7. The van der Waals surface area contributed by atoms with Gasteiger partial charge in [0.1, 0.15) is 21.2 Å². The SMILES string of the molecule is COc1ccc(-c2cc(-c3ccc(C)cc3)c3c(N)c(C(=O)c4c([O-])on[n+]4-c4ccc(OC)cc4)sc3n2)cc1. The fraction of sp³-hybridized carbons (Fsp3) is 0.0968. The minimum absolute atomic E-state index is 0.176. The maximum Gasteiger partial charge on any atom is 0.312 e. The zero-order valence-corrected chi connectivity index (χ0v) is 23.2. The number of thiophene rings is 1. The number of hydrogen-bond donors (Lipinski definition) is 1. The molecule has 6 aromatic rings. The van der Waals surface area contributed by atoms with Gasteiger partial charge in [-0.15, -0.1) is 11.3 Å². The van der Waals surface area contributed by atoms with Crippen LogP contribution in [0, 0.1) is 6.92 Å². The minimum Gasteiger partial charge on any atom is -0.539 e. The van der Waals surface area contributed by atoms with Gasteiger partial charge in [-0.05, 0) is 65.2 Å². The summed E-state index contributed by atoms with van der Waals surface area (Å²) in [5, 5.41) is 17.2. The summed E-state index contributed by atoms with van der Waals surface area (Å²) in [5.41, 5.74) is 11.5. The molecule has 9 nitrogen and oxygen atoms in total. The Balaban J connectivity index is 1.52. The van der Waals surface area contributed by atoms with Crippen molar-refractivity contribution in [2.75, 3.05) is 20.0 Å². The molecule has 0 spiro atoms. The number of aryl methyl sites for hydroxylation is 1. The Labute approximate surface area is 239 Å². The molecule has 0 aliphatic rings. The molecule has 3 aromatic carbocycles. The number of hydrogen-bond acceptors (Lipinski definition) is 9. The summed E-state index contributed by atoms with van der Waals surface area (Å²) < 4.78 is 16.6. The normalized spacial score (nSPS) is 11.1.